The second-order valence-electron chi connectivity index (χ2n) is 4.17. The van der Waals surface area contributed by atoms with Crippen LogP contribution in [0.25, 0.3) is 0 Å². The molecule has 5 heteroatoms. The summed E-state index contributed by atoms with van der Waals surface area (Å²) in [5, 5.41) is 18.9. The lowest BCUT2D eigenvalue weighted by atomic mass is 10.1. The molecule has 0 fully saturated rings. The molecule has 1 rings (SSSR count). The predicted octanol–water partition coefficient (Wildman–Crippen LogP) is 1.30. The monoisotopic (exact) mass is 265 g/mol. The van der Waals surface area contributed by atoms with E-state index in [0.29, 0.717) is 17.9 Å². The molecule has 2 N–H and O–H groups in total. The van der Waals surface area contributed by atoms with Crippen LogP contribution in [0.15, 0.2) is 36.9 Å². The molecule has 104 valence electrons. The molecular weight excluding hydrogens is 246 g/mol. The molecular formula is C14H19NO4. The van der Waals surface area contributed by atoms with Gasteiger partial charge >= 0.3 is 5.97 Å². The fourth-order valence-electron chi connectivity index (χ4n) is 1.78. The van der Waals surface area contributed by atoms with Gasteiger partial charge in [-0.2, -0.15) is 0 Å². The third kappa shape index (κ3) is 5.11. The Bertz CT molecular complexity index is 433. The van der Waals surface area contributed by atoms with Crippen molar-refractivity contribution in [2.24, 2.45) is 0 Å². The Morgan fingerprint density at radius 1 is 1.58 bits per heavy atom. The summed E-state index contributed by atoms with van der Waals surface area (Å²) in [5.74, 6) is -0.273. The van der Waals surface area contributed by atoms with E-state index in [0.717, 1.165) is 0 Å². The maximum Gasteiger partial charge on any atom is 0.317 e. The standard InChI is InChI=1S/C14H19NO4/c1-3-7-15(10-14(17)18)9-13(16)11-5-4-6-12(8-11)19-2/h3-6,8,13,16H,1,7,9-10H2,2H3,(H,17,18). The first-order chi connectivity index (χ1) is 9.06. The van der Waals surface area contributed by atoms with Gasteiger partial charge in [-0.25, -0.2) is 0 Å². The molecule has 0 aliphatic carbocycles. The molecule has 0 aliphatic heterocycles. The summed E-state index contributed by atoms with van der Waals surface area (Å²) in [7, 11) is 1.56. The topological polar surface area (TPSA) is 70.0 Å². The summed E-state index contributed by atoms with van der Waals surface area (Å²) in [6, 6.07) is 7.08. The van der Waals surface area contributed by atoms with Gasteiger partial charge in [0.15, 0.2) is 0 Å². The Kier molecular flexibility index (Phi) is 6.05. The quantitative estimate of drug-likeness (QED) is 0.693. The van der Waals surface area contributed by atoms with Gasteiger partial charge in [-0.3, -0.25) is 9.69 Å². The fraction of sp³-hybridized carbons (Fsp3) is 0.357. The lowest BCUT2D eigenvalue weighted by molar-refractivity contribution is -0.138. The lowest BCUT2D eigenvalue weighted by Gasteiger charge is -2.22. The number of methoxy groups -OCH3 is 1. The number of carboxylic acids is 1. The maximum atomic E-state index is 10.7. The van der Waals surface area contributed by atoms with Gasteiger partial charge in [0.1, 0.15) is 5.75 Å². The molecule has 0 saturated carbocycles. The van der Waals surface area contributed by atoms with Crippen LogP contribution in [0, 0.1) is 0 Å². The highest BCUT2D eigenvalue weighted by Crippen LogP contribution is 2.19. The van der Waals surface area contributed by atoms with Gasteiger partial charge in [-0.05, 0) is 17.7 Å². The molecule has 0 aromatic heterocycles. The Morgan fingerprint density at radius 2 is 2.32 bits per heavy atom. The third-order valence-electron chi connectivity index (χ3n) is 2.66. The molecule has 5 nitrogen and oxygen atoms in total. The van der Waals surface area contributed by atoms with Gasteiger partial charge in [0.2, 0.25) is 0 Å². The normalized spacial score (nSPS) is 12.2. The van der Waals surface area contributed by atoms with Crippen LogP contribution in [0.2, 0.25) is 0 Å². The summed E-state index contributed by atoms with van der Waals surface area (Å²) in [5.41, 5.74) is 0.693. The van der Waals surface area contributed by atoms with E-state index in [4.69, 9.17) is 9.84 Å². The average molecular weight is 265 g/mol. The minimum atomic E-state index is -0.931. The van der Waals surface area contributed by atoms with Crippen LogP contribution in [0.5, 0.6) is 5.75 Å². The lowest BCUT2D eigenvalue weighted by Crippen LogP contribution is -2.33. The van der Waals surface area contributed by atoms with Gasteiger partial charge in [0, 0.05) is 13.1 Å². The number of benzene rings is 1. The third-order valence-corrected chi connectivity index (χ3v) is 2.66. The van der Waals surface area contributed by atoms with Crippen LogP contribution in [-0.2, 0) is 4.79 Å². The fourth-order valence-corrected chi connectivity index (χ4v) is 1.78. The Balaban J connectivity index is 2.71. The predicted molar refractivity (Wildman–Crippen MR) is 72.2 cm³/mol. The Labute approximate surface area is 112 Å². The second-order valence-corrected chi connectivity index (χ2v) is 4.17. The second kappa shape index (κ2) is 7.56. The van der Waals surface area contributed by atoms with E-state index in [1.807, 2.05) is 0 Å². The van der Waals surface area contributed by atoms with Gasteiger partial charge in [0.25, 0.3) is 0 Å². The van der Waals surface area contributed by atoms with Crippen LogP contribution >= 0.6 is 0 Å². The summed E-state index contributed by atoms with van der Waals surface area (Å²) >= 11 is 0. The molecule has 0 radical (unpaired) electrons. The number of aliphatic hydroxyl groups excluding tert-OH is 1. The van der Waals surface area contributed by atoms with Crippen molar-refractivity contribution in [1.82, 2.24) is 4.90 Å². The van der Waals surface area contributed by atoms with E-state index < -0.39 is 12.1 Å². The number of nitrogens with zero attached hydrogens (tertiary/aromatic N) is 1. The van der Waals surface area contributed by atoms with Crippen LogP contribution in [0.4, 0.5) is 0 Å². The molecule has 19 heavy (non-hydrogen) atoms. The summed E-state index contributed by atoms with van der Waals surface area (Å²) in [6.07, 6.45) is 0.843. The maximum absolute atomic E-state index is 10.7. The highest BCUT2D eigenvalue weighted by Gasteiger charge is 2.15. The number of hydrogen-bond acceptors (Lipinski definition) is 4. The number of carboxylic acid groups (broad SMARTS) is 1. The van der Waals surface area contributed by atoms with E-state index >= 15 is 0 Å². The van der Waals surface area contributed by atoms with Crippen molar-refractivity contribution >= 4 is 5.97 Å². The van der Waals surface area contributed by atoms with Crippen LogP contribution in [0.1, 0.15) is 11.7 Å². The van der Waals surface area contributed by atoms with Crippen molar-refractivity contribution in [1.29, 1.82) is 0 Å². The molecule has 1 unspecified atom stereocenters. The Morgan fingerprint density at radius 3 is 2.89 bits per heavy atom. The number of hydrogen-bond donors (Lipinski definition) is 2. The Hall–Kier alpha value is -1.85. The van der Waals surface area contributed by atoms with E-state index in [1.165, 1.54) is 0 Å². The van der Waals surface area contributed by atoms with Gasteiger partial charge in [0.05, 0.1) is 19.8 Å². The van der Waals surface area contributed by atoms with Crippen LogP contribution in [0.3, 0.4) is 0 Å². The van der Waals surface area contributed by atoms with E-state index in [9.17, 15) is 9.90 Å². The SMILES string of the molecule is C=CCN(CC(=O)O)CC(O)c1cccc(OC)c1. The number of aliphatic hydroxyl groups is 1. The van der Waals surface area contributed by atoms with E-state index in [2.05, 4.69) is 6.58 Å². The van der Waals surface area contributed by atoms with Crippen molar-refractivity contribution in [3.8, 4) is 5.75 Å². The summed E-state index contributed by atoms with van der Waals surface area (Å²) < 4.78 is 5.09. The molecule has 0 spiro atoms. The van der Waals surface area contributed by atoms with Crippen molar-refractivity contribution in [3.63, 3.8) is 0 Å². The van der Waals surface area contributed by atoms with Crippen LogP contribution < -0.4 is 4.74 Å². The number of ether oxygens (including phenoxy) is 1. The van der Waals surface area contributed by atoms with Gasteiger partial charge < -0.3 is 14.9 Å². The molecule has 1 aromatic carbocycles. The largest absolute Gasteiger partial charge is 0.497 e. The first-order valence-corrected chi connectivity index (χ1v) is 5.94. The number of carbonyl (C=O) groups is 1. The minimum Gasteiger partial charge on any atom is -0.497 e. The van der Waals surface area contributed by atoms with Crippen molar-refractivity contribution in [3.05, 3.63) is 42.5 Å². The number of aliphatic carboxylic acids is 1. The molecule has 1 atom stereocenters. The van der Waals surface area contributed by atoms with Gasteiger partial charge in [-0.15, -0.1) is 6.58 Å². The van der Waals surface area contributed by atoms with Crippen molar-refractivity contribution in [2.75, 3.05) is 26.7 Å². The smallest absolute Gasteiger partial charge is 0.317 e. The average Bonchev–Trinajstić information content (AvgIpc) is 2.38. The first-order valence-electron chi connectivity index (χ1n) is 5.94. The zero-order valence-corrected chi connectivity index (χ0v) is 11.0. The minimum absolute atomic E-state index is 0.132. The molecule has 0 heterocycles. The van der Waals surface area contributed by atoms with Crippen molar-refractivity contribution in [2.45, 2.75) is 6.10 Å². The first kappa shape index (κ1) is 15.2. The summed E-state index contributed by atoms with van der Waals surface area (Å²) in [4.78, 5) is 12.3. The molecule has 0 saturated heterocycles. The molecule has 1 aromatic rings. The van der Waals surface area contributed by atoms with E-state index in [1.54, 1.807) is 42.4 Å². The zero-order chi connectivity index (χ0) is 14.3. The van der Waals surface area contributed by atoms with Gasteiger partial charge in [-0.1, -0.05) is 18.2 Å². The molecule has 0 aliphatic rings. The van der Waals surface area contributed by atoms with Crippen LogP contribution in [-0.4, -0.2) is 47.8 Å². The van der Waals surface area contributed by atoms with E-state index in [-0.39, 0.29) is 13.1 Å². The highest BCUT2D eigenvalue weighted by atomic mass is 16.5. The molecule has 0 bridgehead atoms. The summed E-state index contributed by atoms with van der Waals surface area (Å²) in [6.45, 7) is 4.08. The highest BCUT2D eigenvalue weighted by molar-refractivity contribution is 5.69. The zero-order valence-electron chi connectivity index (χ0n) is 11.0. The number of rotatable bonds is 8. The van der Waals surface area contributed by atoms with Crippen molar-refractivity contribution < 1.29 is 19.7 Å². The molecule has 0 amide bonds.